The van der Waals surface area contributed by atoms with Gasteiger partial charge in [-0.05, 0) is 43.7 Å². The van der Waals surface area contributed by atoms with Crippen LogP contribution >= 0.6 is 0 Å². The number of hydrogen-bond donors (Lipinski definition) is 1. The molecule has 1 N–H and O–H groups in total. The van der Waals surface area contributed by atoms with E-state index in [0.717, 1.165) is 16.9 Å². The van der Waals surface area contributed by atoms with Crippen molar-refractivity contribution in [1.29, 1.82) is 0 Å². The summed E-state index contributed by atoms with van der Waals surface area (Å²) in [5, 5.41) is 3.36. The Morgan fingerprint density at radius 3 is 2.53 bits per heavy atom. The zero-order valence-electron chi connectivity index (χ0n) is 9.94. The van der Waals surface area contributed by atoms with Crippen LogP contribution < -0.4 is 5.32 Å². The van der Waals surface area contributed by atoms with Crippen LogP contribution in [0.5, 0.6) is 0 Å². The van der Waals surface area contributed by atoms with E-state index in [2.05, 4.69) is 10.3 Å². The molecule has 2 rings (SSSR count). The Bertz CT molecular complexity index is 494. The highest BCUT2D eigenvalue weighted by Crippen LogP contribution is 2.20. The predicted octanol–water partition coefficient (Wildman–Crippen LogP) is 3.70. The van der Waals surface area contributed by atoms with Crippen LogP contribution in [-0.4, -0.2) is 4.98 Å². The van der Waals surface area contributed by atoms with E-state index in [1.165, 1.54) is 12.1 Å². The van der Waals surface area contributed by atoms with Gasteiger partial charge in [-0.15, -0.1) is 0 Å². The number of pyridine rings is 1. The van der Waals surface area contributed by atoms with Crippen LogP contribution in [0.25, 0.3) is 0 Å². The van der Waals surface area contributed by atoms with E-state index >= 15 is 0 Å². The molecular weight excluding hydrogens is 215 g/mol. The number of nitrogens with one attached hydrogen (secondary N) is 1. The maximum absolute atomic E-state index is 12.8. The molecule has 0 saturated carbocycles. The average Bonchev–Trinajstić information content (AvgIpc) is 2.33. The molecule has 0 aliphatic carbocycles. The predicted molar refractivity (Wildman–Crippen MR) is 67.4 cm³/mol. The van der Waals surface area contributed by atoms with E-state index < -0.39 is 0 Å². The molecule has 0 aliphatic heterocycles. The number of halogens is 1. The minimum absolute atomic E-state index is 0.124. The topological polar surface area (TPSA) is 24.9 Å². The molecule has 2 nitrogen and oxygen atoms in total. The van der Waals surface area contributed by atoms with Gasteiger partial charge >= 0.3 is 0 Å². The molecule has 0 spiro atoms. The van der Waals surface area contributed by atoms with Gasteiger partial charge < -0.3 is 5.32 Å². The molecule has 88 valence electrons. The smallest absolute Gasteiger partial charge is 0.123 e. The van der Waals surface area contributed by atoms with Crippen LogP contribution in [0.3, 0.4) is 0 Å². The zero-order chi connectivity index (χ0) is 12.3. The van der Waals surface area contributed by atoms with E-state index in [1.54, 1.807) is 18.3 Å². The maximum atomic E-state index is 12.8. The summed E-state index contributed by atoms with van der Waals surface area (Å²) < 4.78 is 12.8. The lowest BCUT2D eigenvalue weighted by molar-refractivity contribution is 0.626. The first-order chi connectivity index (χ1) is 8.16. The largest absolute Gasteiger partial charge is 0.377 e. The van der Waals surface area contributed by atoms with Crippen molar-refractivity contribution in [3.8, 4) is 0 Å². The second kappa shape index (κ2) is 4.95. The summed E-state index contributed by atoms with van der Waals surface area (Å²) in [5.74, 6) is -0.210. The second-order valence-electron chi connectivity index (χ2n) is 4.05. The molecule has 3 heteroatoms. The summed E-state index contributed by atoms with van der Waals surface area (Å²) in [5.41, 5.74) is 3.01. The lowest BCUT2D eigenvalue weighted by Gasteiger charge is -2.16. The van der Waals surface area contributed by atoms with Crippen molar-refractivity contribution in [3.05, 3.63) is 59.7 Å². The standard InChI is InChI=1S/C14H15FN2/c1-10(12-5-7-13(15)8-6-12)17-14-4-3-9-16-11(14)2/h3-10,17H,1-2H3. The van der Waals surface area contributed by atoms with Crippen molar-refractivity contribution in [2.75, 3.05) is 5.32 Å². The number of rotatable bonds is 3. The Morgan fingerprint density at radius 1 is 1.18 bits per heavy atom. The van der Waals surface area contributed by atoms with Crippen LogP contribution in [0.2, 0.25) is 0 Å². The molecule has 17 heavy (non-hydrogen) atoms. The van der Waals surface area contributed by atoms with Gasteiger partial charge in [0.1, 0.15) is 5.82 Å². The third-order valence-corrected chi connectivity index (χ3v) is 2.75. The highest BCUT2D eigenvalue weighted by molar-refractivity contribution is 5.48. The summed E-state index contributed by atoms with van der Waals surface area (Å²) in [6.45, 7) is 4.00. The summed E-state index contributed by atoms with van der Waals surface area (Å²) in [6, 6.07) is 10.5. The van der Waals surface area contributed by atoms with Crippen LogP contribution in [-0.2, 0) is 0 Å². The Kier molecular flexibility index (Phi) is 3.38. The molecule has 1 aromatic carbocycles. The fourth-order valence-electron chi connectivity index (χ4n) is 1.70. The first-order valence-corrected chi connectivity index (χ1v) is 5.60. The van der Waals surface area contributed by atoms with Crippen LogP contribution in [0.1, 0.15) is 24.2 Å². The van der Waals surface area contributed by atoms with Crippen LogP contribution in [0.4, 0.5) is 10.1 Å². The highest BCUT2D eigenvalue weighted by atomic mass is 19.1. The van der Waals surface area contributed by atoms with Crippen molar-refractivity contribution < 1.29 is 4.39 Å². The second-order valence-corrected chi connectivity index (χ2v) is 4.05. The van der Waals surface area contributed by atoms with E-state index in [0.29, 0.717) is 0 Å². The first-order valence-electron chi connectivity index (χ1n) is 5.60. The molecule has 1 unspecified atom stereocenters. The van der Waals surface area contributed by atoms with Crippen molar-refractivity contribution in [2.45, 2.75) is 19.9 Å². The molecule has 0 aliphatic rings. The lowest BCUT2D eigenvalue weighted by Crippen LogP contribution is -2.08. The molecule has 0 radical (unpaired) electrons. The van der Waals surface area contributed by atoms with Crippen molar-refractivity contribution in [1.82, 2.24) is 4.98 Å². The SMILES string of the molecule is Cc1ncccc1NC(C)c1ccc(F)cc1. The van der Waals surface area contributed by atoms with Gasteiger partial charge in [0, 0.05) is 12.2 Å². The Morgan fingerprint density at radius 2 is 1.88 bits per heavy atom. The van der Waals surface area contributed by atoms with Gasteiger partial charge in [-0.3, -0.25) is 4.98 Å². The molecule has 0 amide bonds. The number of nitrogens with zero attached hydrogens (tertiary/aromatic N) is 1. The summed E-state index contributed by atoms with van der Waals surface area (Å²) in [4.78, 5) is 4.22. The van der Waals surface area contributed by atoms with Crippen LogP contribution in [0, 0.1) is 12.7 Å². The minimum Gasteiger partial charge on any atom is -0.377 e. The third kappa shape index (κ3) is 2.81. The molecular formula is C14H15FN2. The van der Waals surface area contributed by atoms with E-state index in [9.17, 15) is 4.39 Å². The van der Waals surface area contributed by atoms with Gasteiger partial charge in [0.05, 0.1) is 11.4 Å². The molecule has 1 atom stereocenters. The van der Waals surface area contributed by atoms with E-state index in [-0.39, 0.29) is 11.9 Å². The fraction of sp³-hybridized carbons (Fsp3) is 0.214. The average molecular weight is 230 g/mol. The third-order valence-electron chi connectivity index (χ3n) is 2.75. The number of aromatic nitrogens is 1. The van der Waals surface area contributed by atoms with Gasteiger partial charge in [0.15, 0.2) is 0 Å². The van der Waals surface area contributed by atoms with E-state index in [1.807, 2.05) is 26.0 Å². The van der Waals surface area contributed by atoms with Gasteiger partial charge in [-0.2, -0.15) is 0 Å². The first kappa shape index (κ1) is 11.6. The maximum Gasteiger partial charge on any atom is 0.123 e. The molecule has 1 heterocycles. The molecule has 1 aromatic heterocycles. The Hall–Kier alpha value is -1.90. The van der Waals surface area contributed by atoms with Gasteiger partial charge in [-0.25, -0.2) is 4.39 Å². The van der Waals surface area contributed by atoms with Crippen molar-refractivity contribution >= 4 is 5.69 Å². The summed E-state index contributed by atoms with van der Waals surface area (Å²) in [7, 11) is 0. The van der Waals surface area contributed by atoms with Crippen molar-refractivity contribution in [2.24, 2.45) is 0 Å². The van der Waals surface area contributed by atoms with E-state index in [4.69, 9.17) is 0 Å². The van der Waals surface area contributed by atoms with Gasteiger partial charge in [0.25, 0.3) is 0 Å². The molecule has 0 saturated heterocycles. The van der Waals surface area contributed by atoms with Crippen molar-refractivity contribution in [3.63, 3.8) is 0 Å². The Balaban J connectivity index is 2.14. The quantitative estimate of drug-likeness (QED) is 0.869. The summed E-state index contributed by atoms with van der Waals surface area (Å²) in [6.07, 6.45) is 1.77. The molecule has 0 fully saturated rings. The fourth-order valence-corrected chi connectivity index (χ4v) is 1.70. The zero-order valence-corrected chi connectivity index (χ0v) is 9.94. The number of aryl methyl sites for hydroxylation is 1. The van der Waals surface area contributed by atoms with Gasteiger partial charge in [-0.1, -0.05) is 12.1 Å². The normalized spacial score (nSPS) is 12.2. The number of benzene rings is 1. The molecule has 2 aromatic rings. The Labute approximate surface area is 101 Å². The number of anilines is 1. The molecule has 0 bridgehead atoms. The summed E-state index contributed by atoms with van der Waals surface area (Å²) >= 11 is 0. The number of hydrogen-bond acceptors (Lipinski definition) is 2. The minimum atomic E-state index is -0.210. The van der Waals surface area contributed by atoms with Gasteiger partial charge in [0.2, 0.25) is 0 Å². The monoisotopic (exact) mass is 230 g/mol. The highest BCUT2D eigenvalue weighted by Gasteiger charge is 2.06. The van der Waals surface area contributed by atoms with Crippen LogP contribution in [0.15, 0.2) is 42.6 Å². The lowest BCUT2D eigenvalue weighted by atomic mass is 10.1.